The second kappa shape index (κ2) is 3.30. The maximum absolute atomic E-state index is 12.8. The Morgan fingerprint density at radius 1 is 1.75 bits per heavy atom. The van der Waals surface area contributed by atoms with Crippen molar-refractivity contribution in [2.75, 3.05) is 0 Å². The highest BCUT2D eigenvalue weighted by Gasteiger charge is 2.07. The van der Waals surface area contributed by atoms with Crippen LogP contribution in [-0.2, 0) is 11.2 Å². The number of carboxylic acid groups (broad SMARTS) is 1. The Morgan fingerprint density at radius 2 is 2.42 bits per heavy atom. The molecule has 12 heavy (non-hydrogen) atoms. The van der Waals surface area contributed by atoms with Crippen molar-refractivity contribution in [3.63, 3.8) is 0 Å². The Bertz CT molecular complexity index is 312. The van der Waals surface area contributed by atoms with Gasteiger partial charge in [-0.2, -0.15) is 4.39 Å². The summed E-state index contributed by atoms with van der Waals surface area (Å²) in [6.45, 7) is 1.73. The predicted molar refractivity (Wildman–Crippen MR) is 40.3 cm³/mol. The van der Waals surface area contributed by atoms with Crippen molar-refractivity contribution in [1.82, 2.24) is 4.98 Å². The summed E-state index contributed by atoms with van der Waals surface area (Å²) < 4.78 is 12.8. The van der Waals surface area contributed by atoms with E-state index in [4.69, 9.17) is 5.11 Å². The topological polar surface area (TPSA) is 50.2 Å². The molecule has 4 heteroatoms. The summed E-state index contributed by atoms with van der Waals surface area (Å²) in [5.41, 5.74) is 0.884. The summed E-state index contributed by atoms with van der Waals surface area (Å²) in [5, 5.41) is 8.39. The summed E-state index contributed by atoms with van der Waals surface area (Å²) in [7, 11) is 0. The molecular weight excluding hydrogens is 161 g/mol. The second-order valence-corrected chi connectivity index (χ2v) is 2.53. The van der Waals surface area contributed by atoms with E-state index in [1.54, 1.807) is 6.92 Å². The Hall–Kier alpha value is -1.45. The third kappa shape index (κ3) is 2.02. The fourth-order valence-corrected chi connectivity index (χ4v) is 0.900. The van der Waals surface area contributed by atoms with Crippen LogP contribution in [0.2, 0.25) is 0 Å². The molecule has 1 aromatic heterocycles. The molecular formula is C8H8FNO2. The Kier molecular flexibility index (Phi) is 2.38. The van der Waals surface area contributed by atoms with Crippen LogP contribution < -0.4 is 0 Å². The number of aromatic nitrogens is 1. The van der Waals surface area contributed by atoms with Gasteiger partial charge >= 0.3 is 5.97 Å². The van der Waals surface area contributed by atoms with Gasteiger partial charge in [-0.05, 0) is 18.6 Å². The molecule has 0 fully saturated rings. The lowest BCUT2D eigenvalue weighted by Crippen LogP contribution is -2.04. The molecule has 0 saturated heterocycles. The monoisotopic (exact) mass is 169 g/mol. The summed E-state index contributed by atoms with van der Waals surface area (Å²) in [5.74, 6) is -1.76. The van der Waals surface area contributed by atoms with Crippen LogP contribution >= 0.6 is 0 Å². The molecule has 1 N–H and O–H groups in total. The first-order chi connectivity index (χ1) is 5.59. The van der Waals surface area contributed by atoms with Gasteiger partial charge < -0.3 is 5.11 Å². The van der Waals surface area contributed by atoms with E-state index >= 15 is 0 Å². The number of nitrogens with zero attached hydrogens (tertiary/aromatic N) is 1. The lowest BCUT2D eigenvalue weighted by molar-refractivity contribution is -0.136. The van der Waals surface area contributed by atoms with Gasteiger partial charge in [-0.15, -0.1) is 0 Å². The molecule has 0 bridgehead atoms. The molecule has 3 nitrogen and oxygen atoms in total. The lowest BCUT2D eigenvalue weighted by Gasteiger charge is -1.99. The maximum atomic E-state index is 12.8. The van der Waals surface area contributed by atoms with Gasteiger partial charge in [0.1, 0.15) is 0 Å². The van der Waals surface area contributed by atoms with Crippen LogP contribution in [0.4, 0.5) is 4.39 Å². The SMILES string of the molecule is Cc1cnc(F)c(CC(=O)O)c1. The summed E-state index contributed by atoms with van der Waals surface area (Å²) in [6, 6.07) is 1.48. The molecule has 0 aliphatic rings. The first-order valence-corrected chi connectivity index (χ1v) is 3.42. The molecule has 64 valence electrons. The number of carboxylic acids is 1. The highest BCUT2D eigenvalue weighted by atomic mass is 19.1. The van der Waals surface area contributed by atoms with E-state index in [2.05, 4.69) is 4.98 Å². The molecule has 0 aromatic carbocycles. The number of aryl methyl sites for hydroxylation is 1. The lowest BCUT2D eigenvalue weighted by atomic mass is 10.1. The number of rotatable bonds is 2. The standard InChI is InChI=1S/C8H8FNO2/c1-5-2-6(3-7(11)12)8(9)10-4-5/h2,4H,3H2,1H3,(H,11,12). The van der Waals surface area contributed by atoms with Gasteiger partial charge in [0.25, 0.3) is 0 Å². The fourth-order valence-electron chi connectivity index (χ4n) is 0.900. The minimum absolute atomic E-state index is 0.127. The van der Waals surface area contributed by atoms with E-state index in [0.29, 0.717) is 0 Å². The van der Waals surface area contributed by atoms with Crippen LogP contribution in [0.5, 0.6) is 0 Å². The predicted octanol–water partition coefficient (Wildman–Crippen LogP) is 1.16. The number of carbonyl (C=O) groups is 1. The highest BCUT2D eigenvalue weighted by Crippen LogP contribution is 2.07. The zero-order chi connectivity index (χ0) is 9.14. The number of hydrogen-bond acceptors (Lipinski definition) is 2. The molecule has 0 saturated carbocycles. The van der Waals surface area contributed by atoms with Crippen LogP contribution in [-0.4, -0.2) is 16.1 Å². The van der Waals surface area contributed by atoms with Crippen LogP contribution in [0.3, 0.4) is 0 Å². The maximum Gasteiger partial charge on any atom is 0.307 e. The van der Waals surface area contributed by atoms with Gasteiger partial charge in [0.2, 0.25) is 5.95 Å². The number of aliphatic carboxylic acids is 1. The molecule has 0 unspecified atom stereocenters. The fraction of sp³-hybridized carbons (Fsp3) is 0.250. The first kappa shape index (κ1) is 8.64. The second-order valence-electron chi connectivity index (χ2n) is 2.53. The van der Waals surface area contributed by atoms with Crippen LogP contribution in [0.25, 0.3) is 0 Å². The van der Waals surface area contributed by atoms with Crippen LogP contribution in [0.15, 0.2) is 12.3 Å². The third-order valence-electron chi connectivity index (χ3n) is 1.39. The van der Waals surface area contributed by atoms with Crippen molar-refractivity contribution in [2.45, 2.75) is 13.3 Å². The van der Waals surface area contributed by atoms with E-state index in [1.807, 2.05) is 0 Å². The van der Waals surface area contributed by atoms with E-state index in [0.717, 1.165) is 5.56 Å². The Morgan fingerprint density at radius 3 is 3.00 bits per heavy atom. The van der Waals surface area contributed by atoms with Gasteiger partial charge in [0, 0.05) is 11.8 Å². The minimum Gasteiger partial charge on any atom is -0.481 e. The van der Waals surface area contributed by atoms with Crippen molar-refractivity contribution in [1.29, 1.82) is 0 Å². The zero-order valence-corrected chi connectivity index (χ0v) is 6.54. The zero-order valence-electron chi connectivity index (χ0n) is 6.54. The van der Waals surface area contributed by atoms with Gasteiger partial charge in [-0.25, -0.2) is 4.98 Å². The average molecular weight is 169 g/mol. The summed E-state index contributed by atoms with van der Waals surface area (Å²) in [6.07, 6.45) is 1.04. The summed E-state index contributed by atoms with van der Waals surface area (Å²) >= 11 is 0. The Labute approximate surface area is 68.9 Å². The van der Waals surface area contributed by atoms with Gasteiger partial charge in [-0.1, -0.05) is 0 Å². The molecule has 0 spiro atoms. The van der Waals surface area contributed by atoms with Crippen molar-refractivity contribution in [2.24, 2.45) is 0 Å². The highest BCUT2D eigenvalue weighted by molar-refractivity contribution is 5.70. The quantitative estimate of drug-likeness (QED) is 0.676. The molecule has 0 amide bonds. The number of hydrogen-bond donors (Lipinski definition) is 1. The molecule has 1 rings (SSSR count). The molecule has 1 aromatic rings. The Balaban J connectivity index is 2.97. The minimum atomic E-state index is -1.05. The summed E-state index contributed by atoms with van der Waals surface area (Å²) in [4.78, 5) is 13.6. The molecule has 0 radical (unpaired) electrons. The van der Waals surface area contributed by atoms with Crippen LogP contribution in [0.1, 0.15) is 11.1 Å². The van der Waals surface area contributed by atoms with Crippen molar-refractivity contribution < 1.29 is 14.3 Å². The van der Waals surface area contributed by atoms with Crippen molar-refractivity contribution in [3.05, 3.63) is 29.3 Å². The normalized spacial score (nSPS) is 9.83. The van der Waals surface area contributed by atoms with Gasteiger partial charge in [-0.3, -0.25) is 4.79 Å². The third-order valence-corrected chi connectivity index (χ3v) is 1.39. The number of pyridine rings is 1. The number of halogens is 1. The molecule has 0 aliphatic carbocycles. The van der Waals surface area contributed by atoms with E-state index in [1.165, 1.54) is 12.3 Å². The van der Waals surface area contributed by atoms with Gasteiger partial charge in [0.05, 0.1) is 6.42 Å². The smallest absolute Gasteiger partial charge is 0.307 e. The van der Waals surface area contributed by atoms with E-state index < -0.39 is 11.9 Å². The van der Waals surface area contributed by atoms with Crippen LogP contribution in [0, 0.1) is 12.9 Å². The van der Waals surface area contributed by atoms with Gasteiger partial charge in [0.15, 0.2) is 0 Å². The van der Waals surface area contributed by atoms with Crippen molar-refractivity contribution >= 4 is 5.97 Å². The van der Waals surface area contributed by atoms with E-state index in [-0.39, 0.29) is 12.0 Å². The van der Waals surface area contributed by atoms with E-state index in [9.17, 15) is 9.18 Å². The average Bonchev–Trinajstić information content (AvgIpc) is 1.96. The molecule has 0 atom stereocenters. The van der Waals surface area contributed by atoms with Crippen molar-refractivity contribution in [3.8, 4) is 0 Å². The molecule has 1 heterocycles. The largest absolute Gasteiger partial charge is 0.481 e. The molecule has 0 aliphatic heterocycles. The first-order valence-electron chi connectivity index (χ1n) is 3.42.